The van der Waals surface area contributed by atoms with Crippen molar-refractivity contribution in [3.05, 3.63) is 59.8 Å². The van der Waals surface area contributed by atoms with Crippen molar-refractivity contribution in [3.63, 3.8) is 0 Å². The first-order valence-corrected chi connectivity index (χ1v) is 9.64. The van der Waals surface area contributed by atoms with Crippen LogP contribution in [0.15, 0.2) is 48.5 Å². The average Bonchev–Trinajstić information content (AvgIpc) is 3.10. The number of halogens is 3. The molecule has 0 aliphatic rings. The maximum absolute atomic E-state index is 13.1. The van der Waals surface area contributed by atoms with E-state index < -0.39 is 11.7 Å². The van der Waals surface area contributed by atoms with Gasteiger partial charge in [0.05, 0.1) is 11.3 Å². The van der Waals surface area contributed by atoms with Gasteiger partial charge in [0.25, 0.3) is 5.91 Å². The molecule has 4 nitrogen and oxygen atoms in total. The van der Waals surface area contributed by atoms with Crippen molar-refractivity contribution < 1.29 is 18.0 Å². The normalized spacial score (nSPS) is 11.9. The molecular formula is C22H24F3N3O. The van der Waals surface area contributed by atoms with Crippen LogP contribution in [0.1, 0.15) is 29.9 Å². The molecule has 0 fully saturated rings. The molecule has 1 aromatic heterocycles. The summed E-state index contributed by atoms with van der Waals surface area (Å²) in [7, 11) is 0. The number of amides is 1. The standard InChI is InChI=1S/C22H24F3N3O/c1-3-28(4-2)13-12-26-21(29)20-18-11-6-5-10-17(18)19(27-20)15-8-7-9-16(14-15)22(23,24)25/h5-11,14,27H,3-4,12-13H2,1-2H3,(H,26,29). The zero-order valence-corrected chi connectivity index (χ0v) is 16.4. The SMILES string of the molecule is CCN(CC)CCNC(=O)c1[nH]c(-c2cccc(C(F)(F)F)c2)c2ccccc12. The maximum Gasteiger partial charge on any atom is 0.416 e. The third-order valence-corrected chi connectivity index (χ3v) is 5.03. The largest absolute Gasteiger partial charge is 0.416 e. The quantitative estimate of drug-likeness (QED) is 0.588. The summed E-state index contributed by atoms with van der Waals surface area (Å²) < 4.78 is 39.3. The third kappa shape index (κ3) is 4.62. The van der Waals surface area contributed by atoms with E-state index in [1.807, 2.05) is 0 Å². The molecule has 0 saturated heterocycles. The molecule has 7 heteroatoms. The number of carbonyl (C=O) groups is 1. The second kappa shape index (κ2) is 8.69. The second-order valence-electron chi connectivity index (χ2n) is 6.78. The highest BCUT2D eigenvalue weighted by Gasteiger charge is 2.30. The van der Waals surface area contributed by atoms with Gasteiger partial charge in [0.1, 0.15) is 5.69 Å². The molecule has 0 radical (unpaired) electrons. The van der Waals surface area contributed by atoms with Gasteiger partial charge in [0, 0.05) is 23.9 Å². The summed E-state index contributed by atoms with van der Waals surface area (Å²) >= 11 is 0. The third-order valence-electron chi connectivity index (χ3n) is 5.03. The number of hydrogen-bond acceptors (Lipinski definition) is 2. The fraction of sp³-hybridized carbons (Fsp3) is 0.318. The Kier molecular flexibility index (Phi) is 6.27. The van der Waals surface area contributed by atoms with Gasteiger partial charge < -0.3 is 15.2 Å². The lowest BCUT2D eigenvalue weighted by Crippen LogP contribution is -2.35. The number of H-pyrrole nitrogens is 1. The highest BCUT2D eigenvalue weighted by atomic mass is 19.4. The first-order chi connectivity index (χ1) is 13.8. The van der Waals surface area contributed by atoms with Crippen LogP contribution in [0.2, 0.25) is 0 Å². The number of rotatable bonds is 7. The van der Waals surface area contributed by atoms with Crippen LogP contribution in [0.4, 0.5) is 13.2 Å². The zero-order chi connectivity index (χ0) is 21.0. The van der Waals surface area contributed by atoms with Gasteiger partial charge in [-0.1, -0.05) is 50.2 Å². The average molecular weight is 403 g/mol. The monoisotopic (exact) mass is 403 g/mol. The molecule has 2 N–H and O–H groups in total. The number of alkyl halides is 3. The molecule has 3 rings (SSSR count). The fourth-order valence-electron chi connectivity index (χ4n) is 3.39. The van der Waals surface area contributed by atoms with Crippen molar-refractivity contribution in [2.45, 2.75) is 20.0 Å². The minimum atomic E-state index is -4.43. The Morgan fingerprint density at radius 1 is 1.03 bits per heavy atom. The lowest BCUT2D eigenvalue weighted by Gasteiger charge is -2.17. The molecule has 0 spiro atoms. The molecular weight excluding hydrogens is 379 g/mol. The number of aromatic nitrogens is 1. The number of benzene rings is 2. The smallest absolute Gasteiger partial charge is 0.350 e. The number of carbonyl (C=O) groups excluding carboxylic acids is 1. The molecule has 1 heterocycles. The van der Waals surface area contributed by atoms with Crippen molar-refractivity contribution in [2.75, 3.05) is 26.2 Å². The number of fused-ring (bicyclic) bond motifs is 1. The minimum absolute atomic E-state index is 0.272. The number of likely N-dealkylation sites (N-methyl/N-ethyl adjacent to an activating group) is 1. The van der Waals surface area contributed by atoms with Gasteiger partial charge in [-0.2, -0.15) is 13.2 Å². The van der Waals surface area contributed by atoms with Crippen molar-refractivity contribution in [2.24, 2.45) is 0 Å². The van der Waals surface area contributed by atoms with Gasteiger partial charge in [-0.15, -0.1) is 0 Å². The Balaban J connectivity index is 1.93. The van der Waals surface area contributed by atoms with Crippen LogP contribution >= 0.6 is 0 Å². The summed E-state index contributed by atoms with van der Waals surface area (Å²) in [6, 6.07) is 12.3. The van der Waals surface area contributed by atoms with E-state index in [0.717, 1.165) is 31.8 Å². The van der Waals surface area contributed by atoms with Crippen LogP contribution < -0.4 is 5.32 Å². The molecule has 3 aromatic rings. The minimum Gasteiger partial charge on any atom is -0.350 e. The van der Waals surface area contributed by atoms with Crippen LogP contribution in [0.5, 0.6) is 0 Å². The molecule has 0 saturated carbocycles. The van der Waals surface area contributed by atoms with E-state index in [1.165, 1.54) is 6.07 Å². The maximum atomic E-state index is 13.1. The topological polar surface area (TPSA) is 48.1 Å². The summed E-state index contributed by atoms with van der Waals surface area (Å²) in [5.41, 5.74) is 0.519. The number of hydrogen-bond donors (Lipinski definition) is 2. The summed E-state index contributed by atoms with van der Waals surface area (Å²) in [6.07, 6.45) is -4.43. The predicted molar refractivity (Wildman–Crippen MR) is 109 cm³/mol. The Bertz CT molecular complexity index is 990. The van der Waals surface area contributed by atoms with Gasteiger partial charge in [-0.05, 0) is 30.8 Å². The van der Waals surface area contributed by atoms with Crippen LogP contribution in [0.3, 0.4) is 0 Å². The van der Waals surface area contributed by atoms with Crippen molar-refractivity contribution in [1.29, 1.82) is 0 Å². The summed E-state index contributed by atoms with van der Waals surface area (Å²) in [5.74, 6) is -0.272. The van der Waals surface area contributed by atoms with Crippen LogP contribution in [0, 0.1) is 0 Å². The Hall–Kier alpha value is -2.80. The predicted octanol–water partition coefficient (Wildman–Crippen LogP) is 4.93. The Labute approximate surface area is 167 Å². The summed E-state index contributed by atoms with van der Waals surface area (Å²) in [5, 5.41) is 4.29. The second-order valence-corrected chi connectivity index (χ2v) is 6.78. The fourth-order valence-corrected chi connectivity index (χ4v) is 3.39. The highest BCUT2D eigenvalue weighted by Crippen LogP contribution is 2.35. The van der Waals surface area contributed by atoms with Crippen LogP contribution in [0.25, 0.3) is 22.0 Å². The first-order valence-electron chi connectivity index (χ1n) is 9.64. The van der Waals surface area contributed by atoms with Crippen LogP contribution in [-0.2, 0) is 6.18 Å². The summed E-state index contributed by atoms with van der Waals surface area (Å²) in [6.45, 7) is 7.15. The molecule has 29 heavy (non-hydrogen) atoms. The van der Waals surface area contributed by atoms with Gasteiger partial charge in [-0.3, -0.25) is 4.79 Å². The molecule has 0 aliphatic carbocycles. The molecule has 0 atom stereocenters. The zero-order valence-electron chi connectivity index (χ0n) is 16.4. The first kappa shape index (κ1) is 20.9. The van der Waals surface area contributed by atoms with Gasteiger partial charge >= 0.3 is 6.18 Å². The molecule has 1 amide bonds. The lowest BCUT2D eigenvalue weighted by atomic mass is 10.0. The van der Waals surface area contributed by atoms with Crippen molar-refractivity contribution in [3.8, 4) is 11.3 Å². The molecule has 0 unspecified atom stereocenters. The summed E-state index contributed by atoms with van der Waals surface area (Å²) in [4.78, 5) is 18.0. The van der Waals surface area contributed by atoms with Crippen molar-refractivity contribution >= 4 is 16.7 Å². The lowest BCUT2D eigenvalue weighted by molar-refractivity contribution is -0.137. The van der Waals surface area contributed by atoms with E-state index in [9.17, 15) is 18.0 Å². The number of aromatic amines is 1. The molecule has 0 aliphatic heterocycles. The van der Waals surface area contributed by atoms with Gasteiger partial charge in [0.2, 0.25) is 0 Å². The van der Waals surface area contributed by atoms with E-state index in [1.54, 1.807) is 30.3 Å². The number of nitrogens with one attached hydrogen (secondary N) is 2. The van der Waals surface area contributed by atoms with E-state index in [2.05, 4.69) is 29.0 Å². The Morgan fingerprint density at radius 2 is 1.72 bits per heavy atom. The molecule has 2 aromatic carbocycles. The highest BCUT2D eigenvalue weighted by molar-refractivity contribution is 6.10. The van der Waals surface area contributed by atoms with E-state index >= 15 is 0 Å². The van der Waals surface area contributed by atoms with E-state index in [0.29, 0.717) is 34.3 Å². The molecule has 0 bridgehead atoms. The molecule has 154 valence electrons. The van der Waals surface area contributed by atoms with E-state index in [-0.39, 0.29) is 5.91 Å². The number of nitrogens with zero attached hydrogens (tertiary/aromatic N) is 1. The Morgan fingerprint density at radius 3 is 2.38 bits per heavy atom. The van der Waals surface area contributed by atoms with Gasteiger partial charge in [0.15, 0.2) is 0 Å². The van der Waals surface area contributed by atoms with Gasteiger partial charge in [-0.25, -0.2) is 0 Å². The van der Waals surface area contributed by atoms with Crippen molar-refractivity contribution in [1.82, 2.24) is 15.2 Å². The van der Waals surface area contributed by atoms with Crippen LogP contribution in [-0.4, -0.2) is 42.0 Å². The van der Waals surface area contributed by atoms with E-state index in [4.69, 9.17) is 0 Å².